The maximum Gasteiger partial charge on any atom is 0.130 e. The van der Waals surface area contributed by atoms with E-state index in [9.17, 15) is 8.78 Å². The van der Waals surface area contributed by atoms with Crippen LogP contribution in [-0.4, -0.2) is 0 Å². The van der Waals surface area contributed by atoms with E-state index in [-0.39, 0.29) is 16.1 Å². The molecule has 2 N–H and O–H groups in total. The standard InChI is InChI=1S/C14H12ClF2N/c1-14(18,10-4-2-3-5-12(10)16)11-7-6-9(15)8-13(11)17/h2-8H,18H2,1H3. The molecule has 1 atom stereocenters. The molecule has 2 aromatic rings. The molecule has 4 heteroatoms. The molecule has 0 saturated carbocycles. The third-order valence-electron chi connectivity index (χ3n) is 2.92. The highest BCUT2D eigenvalue weighted by Crippen LogP contribution is 2.31. The van der Waals surface area contributed by atoms with Crippen LogP contribution in [0.4, 0.5) is 8.78 Å². The van der Waals surface area contributed by atoms with Gasteiger partial charge in [-0.15, -0.1) is 0 Å². The summed E-state index contributed by atoms with van der Waals surface area (Å²) in [6.07, 6.45) is 0. The van der Waals surface area contributed by atoms with Gasteiger partial charge in [-0.25, -0.2) is 8.78 Å². The molecule has 2 aromatic carbocycles. The Hall–Kier alpha value is -1.45. The summed E-state index contributed by atoms with van der Waals surface area (Å²) in [6.45, 7) is 1.57. The molecule has 0 aromatic heterocycles. The van der Waals surface area contributed by atoms with E-state index in [1.807, 2.05) is 0 Å². The highest BCUT2D eigenvalue weighted by molar-refractivity contribution is 6.30. The van der Waals surface area contributed by atoms with Gasteiger partial charge in [0.05, 0.1) is 5.54 Å². The van der Waals surface area contributed by atoms with Crippen molar-refractivity contribution < 1.29 is 8.78 Å². The monoisotopic (exact) mass is 267 g/mol. The second-order valence-corrected chi connectivity index (χ2v) is 4.74. The van der Waals surface area contributed by atoms with Crippen molar-refractivity contribution in [1.29, 1.82) is 0 Å². The van der Waals surface area contributed by atoms with Gasteiger partial charge in [-0.3, -0.25) is 0 Å². The van der Waals surface area contributed by atoms with Gasteiger partial charge in [-0.2, -0.15) is 0 Å². The highest BCUT2D eigenvalue weighted by atomic mass is 35.5. The highest BCUT2D eigenvalue weighted by Gasteiger charge is 2.29. The summed E-state index contributed by atoms with van der Waals surface area (Å²) in [4.78, 5) is 0. The van der Waals surface area contributed by atoms with Gasteiger partial charge in [0.15, 0.2) is 0 Å². The Morgan fingerprint density at radius 3 is 2.22 bits per heavy atom. The zero-order valence-corrected chi connectivity index (χ0v) is 10.5. The fraction of sp³-hybridized carbons (Fsp3) is 0.143. The second kappa shape index (κ2) is 4.67. The minimum Gasteiger partial charge on any atom is -0.318 e. The Labute approximate surface area is 109 Å². The van der Waals surface area contributed by atoms with Crippen LogP contribution in [0.5, 0.6) is 0 Å². The summed E-state index contributed by atoms with van der Waals surface area (Å²) in [5.74, 6) is -1.01. The summed E-state index contributed by atoms with van der Waals surface area (Å²) in [6, 6.07) is 10.3. The van der Waals surface area contributed by atoms with Gasteiger partial charge in [0.1, 0.15) is 11.6 Å². The lowest BCUT2D eigenvalue weighted by Gasteiger charge is -2.26. The molecule has 0 spiro atoms. The van der Waals surface area contributed by atoms with E-state index in [0.717, 1.165) is 0 Å². The second-order valence-electron chi connectivity index (χ2n) is 4.31. The van der Waals surface area contributed by atoms with Crippen LogP contribution in [0.15, 0.2) is 42.5 Å². The molecule has 1 unspecified atom stereocenters. The average Bonchev–Trinajstić information content (AvgIpc) is 2.28. The molecule has 0 radical (unpaired) electrons. The Morgan fingerprint density at radius 2 is 1.61 bits per heavy atom. The zero-order chi connectivity index (χ0) is 13.3. The van der Waals surface area contributed by atoms with Crippen LogP contribution in [0.25, 0.3) is 0 Å². The van der Waals surface area contributed by atoms with Crippen LogP contribution in [0.2, 0.25) is 5.02 Å². The topological polar surface area (TPSA) is 26.0 Å². The van der Waals surface area contributed by atoms with Gasteiger partial charge in [-0.1, -0.05) is 35.9 Å². The summed E-state index contributed by atoms with van der Waals surface area (Å²) >= 11 is 5.69. The number of hydrogen-bond acceptors (Lipinski definition) is 1. The van der Waals surface area contributed by atoms with Crippen molar-refractivity contribution in [3.05, 3.63) is 70.2 Å². The molecule has 0 aliphatic rings. The lowest BCUT2D eigenvalue weighted by atomic mass is 9.85. The van der Waals surface area contributed by atoms with E-state index < -0.39 is 17.2 Å². The predicted molar refractivity (Wildman–Crippen MR) is 68.5 cm³/mol. The molecule has 0 bridgehead atoms. The van der Waals surface area contributed by atoms with E-state index in [0.29, 0.717) is 0 Å². The van der Waals surface area contributed by atoms with Crippen molar-refractivity contribution in [2.75, 3.05) is 0 Å². The molecule has 0 amide bonds. The van der Waals surface area contributed by atoms with Crippen molar-refractivity contribution >= 4 is 11.6 Å². The minimum atomic E-state index is -1.25. The van der Waals surface area contributed by atoms with Crippen molar-refractivity contribution in [2.45, 2.75) is 12.5 Å². The van der Waals surface area contributed by atoms with E-state index in [1.54, 1.807) is 25.1 Å². The summed E-state index contributed by atoms with van der Waals surface area (Å²) in [7, 11) is 0. The Balaban J connectivity index is 2.58. The number of hydrogen-bond donors (Lipinski definition) is 1. The molecule has 0 fully saturated rings. The van der Waals surface area contributed by atoms with Crippen molar-refractivity contribution in [1.82, 2.24) is 0 Å². The first-order valence-electron chi connectivity index (χ1n) is 5.42. The van der Waals surface area contributed by atoms with E-state index in [4.69, 9.17) is 17.3 Å². The first-order valence-corrected chi connectivity index (χ1v) is 5.80. The maximum atomic E-state index is 13.9. The van der Waals surface area contributed by atoms with Crippen LogP contribution in [0.1, 0.15) is 18.1 Å². The van der Waals surface area contributed by atoms with Crippen molar-refractivity contribution in [3.8, 4) is 0 Å². The SMILES string of the molecule is CC(N)(c1ccccc1F)c1ccc(Cl)cc1F. The van der Waals surface area contributed by atoms with Gasteiger partial charge in [-0.05, 0) is 25.1 Å². The first-order chi connectivity index (χ1) is 8.43. The minimum absolute atomic E-state index is 0.206. The van der Waals surface area contributed by atoms with E-state index in [1.165, 1.54) is 24.3 Å². The normalized spacial score (nSPS) is 14.3. The number of benzene rings is 2. The van der Waals surface area contributed by atoms with Gasteiger partial charge in [0, 0.05) is 16.1 Å². The van der Waals surface area contributed by atoms with Crippen molar-refractivity contribution in [2.24, 2.45) is 5.73 Å². The van der Waals surface area contributed by atoms with Crippen LogP contribution in [0.3, 0.4) is 0 Å². The van der Waals surface area contributed by atoms with Gasteiger partial charge in [0.25, 0.3) is 0 Å². The largest absolute Gasteiger partial charge is 0.318 e. The third-order valence-corrected chi connectivity index (χ3v) is 3.16. The Bertz CT molecular complexity index is 582. The summed E-state index contributed by atoms with van der Waals surface area (Å²) in [5, 5.41) is 0.278. The molecule has 18 heavy (non-hydrogen) atoms. The first kappa shape index (κ1) is 13.0. The lowest BCUT2D eigenvalue weighted by molar-refractivity contribution is 0.499. The summed E-state index contributed by atoms with van der Waals surface area (Å²) in [5.41, 5.74) is 5.29. The van der Waals surface area contributed by atoms with Gasteiger partial charge < -0.3 is 5.73 Å². The number of halogens is 3. The molecule has 94 valence electrons. The zero-order valence-electron chi connectivity index (χ0n) is 9.75. The molecule has 0 aliphatic carbocycles. The van der Waals surface area contributed by atoms with Crippen molar-refractivity contribution in [3.63, 3.8) is 0 Å². The quantitative estimate of drug-likeness (QED) is 0.879. The Morgan fingerprint density at radius 1 is 1.00 bits per heavy atom. The number of rotatable bonds is 2. The summed E-state index contributed by atoms with van der Waals surface area (Å²) < 4.78 is 27.6. The lowest BCUT2D eigenvalue weighted by Crippen LogP contribution is -2.36. The molecular weight excluding hydrogens is 256 g/mol. The number of nitrogens with two attached hydrogens (primary N) is 1. The molecule has 0 saturated heterocycles. The molecule has 0 aliphatic heterocycles. The fourth-order valence-corrected chi connectivity index (χ4v) is 2.10. The van der Waals surface area contributed by atoms with Gasteiger partial charge in [0.2, 0.25) is 0 Å². The Kier molecular flexibility index (Phi) is 3.37. The van der Waals surface area contributed by atoms with Crippen LogP contribution in [0, 0.1) is 11.6 Å². The van der Waals surface area contributed by atoms with Crippen LogP contribution < -0.4 is 5.73 Å². The molecule has 0 heterocycles. The molecule has 2 rings (SSSR count). The third kappa shape index (κ3) is 2.24. The van der Waals surface area contributed by atoms with E-state index in [2.05, 4.69) is 0 Å². The van der Waals surface area contributed by atoms with E-state index >= 15 is 0 Å². The molecule has 1 nitrogen and oxygen atoms in total. The fourth-order valence-electron chi connectivity index (χ4n) is 1.94. The van der Waals surface area contributed by atoms with Gasteiger partial charge >= 0.3 is 0 Å². The van der Waals surface area contributed by atoms with Crippen LogP contribution in [-0.2, 0) is 5.54 Å². The predicted octanol–water partition coefficient (Wildman–Crippen LogP) is 3.84. The smallest absolute Gasteiger partial charge is 0.130 e. The molecular formula is C14H12ClF2N. The maximum absolute atomic E-state index is 13.9. The average molecular weight is 268 g/mol. The van der Waals surface area contributed by atoms with Crippen LogP contribution >= 0.6 is 11.6 Å².